The molecule has 0 bridgehead atoms. The number of rotatable bonds is 5. The smallest absolute Gasteiger partial charge is 0.251 e. The summed E-state index contributed by atoms with van der Waals surface area (Å²) in [6.07, 6.45) is 2.28. The normalized spacial score (nSPS) is 10.6. The Morgan fingerprint density at radius 3 is 3.00 bits per heavy atom. The molecule has 0 saturated heterocycles. The second-order valence-corrected chi connectivity index (χ2v) is 5.67. The van der Waals surface area contributed by atoms with E-state index in [0.29, 0.717) is 18.5 Å². The average molecular weight is 315 g/mol. The number of halogens is 1. The summed E-state index contributed by atoms with van der Waals surface area (Å²) in [5.74, 6) is -0.696. The Kier molecular flexibility index (Phi) is 4.29. The summed E-state index contributed by atoms with van der Waals surface area (Å²) in [5.41, 5.74) is 2.21. The highest BCUT2D eigenvalue weighted by Crippen LogP contribution is 2.25. The fourth-order valence-electron chi connectivity index (χ4n) is 2.17. The quantitative estimate of drug-likeness (QED) is 0.759. The first-order valence-electron chi connectivity index (χ1n) is 6.84. The zero-order valence-electron chi connectivity index (χ0n) is 11.7. The Bertz CT molecular complexity index is 767. The molecule has 0 radical (unpaired) electrons. The van der Waals surface area contributed by atoms with Crippen molar-refractivity contribution in [3.63, 3.8) is 0 Å². The van der Waals surface area contributed by atoms with Crippen LogP contribution in [0.25, 0.3) is 10.6 Å². The molecule has 1 amide bonds. The lowest BCUT2D eigenvalue weighted by atomic mass is 10.2. The molecule has 0 atom stereocenters. The molecule has 2 aromatic heterocycles. The van der Waals surface area contributed by atoms with Gasteiger partial charge in [-0.1, -0.05) is 12.1 Å². The monoisotopic (exact) mass is 315 g/mol. The molecule has 112 valence electrons. The van der Waals surface area contributed by atoms with E-state index in [1.54, 1.807) is 23.7 Å². The van der Waals surface area contributed by atoms with Gasteiger partial charge in [0, 0.05) is 24.2 Å². The van der Waals surface area contributed by atoms with Crippen molar-refractivity contribution in [2.24, 2.45) is 0 Å². The van der Waals surface area contributed by atoms with Gasteiger partial charge in [0.1, 0.15) is 11.5 Å². The maximum absolute atomic E-state index is 13.1. The number of nitrogens with zero attached hydrogens (tertiary/aromatic N) is 1. The van der Waals surface area contributed by atoms with Crippen LogP contribution in [0.15, 0.2) is 48.1 Å². The summed E-state index contributed by atoms with van der Waals surface area (Å²) in [5, 5.41) is 4.79. The first-order chi connectivity index (χ1) is 10.7. The van der Waals surface area contributed by atoms with Crippen molar-refractivity contribution in [3.05, 3.63) is 65.2 Å². The van der Waals surface area contributed by atoms with Crippen LogP contribution in [0.2, 0.25) is 0 Å². The lowest BCUT2D eigenvalue weighted by Gasteiger charge is -2.05. The lowest BCUT2D eigenvalue weighted by molar-refractivity contribution is 0.0953. The van der Waals surface area contributed by atoms with Gasteiger partial charge < -0.3 is 10.3 Å². The number of imidazole rings is 1. The zero-order valence-corrected chi connectivity index (χ0v) is 12.5. The van der Waals surface area contributed by atoms with Crippen LogP contribution < -0.4 is 5.32 Å². The van der Waals surface area contributed by atoms with Crippen LogP contribution in [0.4, 0.5) is 4.39 Å². The van der Waals surface area contributed by atoms with Crippen LogP contribution >= 0.6 is 11.3 Å². The topological polar surface area (TPSA) is 57.8 Å². The third-order valence-corrected chi connectivity index (χ3v) is 4.10. The van der Waals surface area contributed by atoms with Crippen LogP contribution in [0.1, 0.15) is 16.1 Å². The number of amides is 1. The molecule has 0 saturated carbocycles. The molecule has 0 spiro atoms. The Hall–Kier alpha value is -2.47. The Morgan fingerprint density at radius 2 is 2.23 bits per heavy atom. The maximum Gasteiger partial charge on any atom is 0.251 e. The Labute approximate surface area is 131 Å². The van der Waals surface area contributed by atoms with E-state index in [-0.39, 0.29) is 5.91 Å². The van der Waals surface area contributed by atoms with Crippen LogP contribution in [-0.4, -0.2) is 22.4 Å². The zero-order chi connectivity index (χ0) is 15.4. The molecular weight excluding hydrogens is 301 g/mol. The van der Waals surface area contributed by atoms with Gasteiger partial charge in [-0.05, 0) is 29.6 Å². The van der Waals surface area contributed by atoms with Crippen molar-refractivity contribution >= 4 is 17.2 Å². The summed E-state index contributed by atoms with van der Waals surface area (Å²) < 4.78 is 13.1. The van der Waals surface area contributed by atoms with Crippen molar-refractivity contribution in [3.8, 4) is 10.6 Å². The molecule has 0 aliphatic carbocycles. The number of carbonyl (C=O) groups is 1. The van der Waals surface area contributed by atoms with Crippen molar-refractivity contribution < 1.29 is 9.18 Å². The Balaban J connectivity index is 1.60. The number of thiophene rings is 1. The van der Waals surface area contributed by atoms with E-state index in [1.165, 1.54) is 18.2 Å². The van der Waals surface area contributed by atoms with Crippen LogP contribution in [0, 0.1) is 5.82 Å². The predicted molar refractivity (Wildman–Crippen MR) is 84.3 cm³/mol. The van der Waals surface area contributed by atoms with Crippen LogP contribution in [0.5, 0.6) is 0 Å². The number of hydrogen-bond acceptors (Lipinski definition) is 3. The van der Waals surface area contributed by atoms with E-state index >= 15 is 0 Å². The molecule has 22 heavy (non-hydrogen) atoms. The van der Waals surface area contributed by atoms with E-state index in [1.807, 2.05) is 17.5 Å². The van der Waals surface area contributed by atoms with Crippen LogP contribution in [0.3, 0.4) is 0 Å². The minimum absolute atomic E-state index is 0.281. The van der Waals surface area contributed by atoms with Gasteiger partial charge in [0.2, 0.25) is 0 Å². The van der Waals surface area contributed by atoms with Gasteiger partial charge >= 0.3 is 0 Å². The Morgan fingerprint density at radius 1 is 1.32 bits per heavy atom. The SMILES string of the molecule is O=C(NCCc1[nH]cnc1-c1cccs1)c1cccc(F)c1. The van der Waals surface area contributed by atoms with E-state index in [4.69, 9.17) is 0 Å². The third-order valence-electron chi connectivity index (χ3n) is 3.22. The highest BCUT2D eigenvalue weighted by Gasteiger charge is 2.10. The van der Waals surface area contributed by atoms with Gasteiger partial charge in [0.15, 0.2) is 0 Å². The minimum Gasteiger partial charge on any atom is -0.352 e. The van der Waals surface area contributed by atoms with E-state index in [2.05, 4.69) is 15.3 Å². The summed E-state index contributed by atoms with van der Waals surface area (Å²) in [6.45, 7) is 0.454. The van der Waals surface area contributed by atoms with Crippen molar-refractivity contribution in [2.75, 3.05) is 6.54 Å². The molecule has 2 heterocycles. The lowest BCUT2D eigenvalue weighted by Crippen LogP contribution is -2.25. The number of carbonyl (C=O) groups excluding carboxylic acids is 1. The molecule has 0 fully saturated rings. The molecule has 3 rings (SSSR count). The molecule has 1 aromatic carbocycles. The summed E-state index contributed by atoms with van der Waals surface area (Å²) in [4.78, 5) is 20.4. The maximum atomic E-state index is 13.1. The first-order valence-corrected chi connectivity index (χ1v) is 7.72. The van der Waals surface area contributed by atoms with Crippen molar-refractivity contribution in [2.45, 2.75) is 6.42 Å². The molecular formula is C16H14FN3OS. The molecule has 0 aliphatic heterocycles. The van der Waals surface area contributed by atoms with Gasteiger partial charge in [-0.2, -0.15) is 0 Å². The fourth-order valence-corrected chi connectivity index (χ4v) is 2.92. The number of aromatic nitrogens is 2. The van der Waals surface area contributed by atoms with Crippen LogP contribution in [-0.2, 0) is 6.42 Å². The highest BCUT2D eigenvalue weighted by molar-refractivity contribution is 7.13. The van der Waals surface area contributed by atoms with Crippen molar-refractivity contribution in [1.82, 2.24) is 15.3 Å². The standard InChI is InChI=1S/C16H14FN3OS/c17-12-4-1-3-11(9-12)16(21)18-7-6-13-15(20-10-19-13)14-5-2-8-22-14/h1-5,8-10H,6-7H2,(H,18,21)(H,19,20). The number of hydrogen-bond donors (Lipinski definition) is 2. The fraction of sp³-hybridized carbons (Fsp3) is 0.125. The highest BCUT2D eigenvalue weighted by atomic mass is 32.1. The number of benzene rings is 1. The second-order valence-electron chi connectivity index (χ2n) is 4.72. The van der Waals surface area contributed by atoms with Gasteiger partial charge in [-0.3, -0.25) is 4.79 Å². The van der Waals surface area contributed by atoms with E-state index < -0.39 is 5.82 Å². The molecule has 3 aromatic rings. The van der Waals surface area contributed by atoms with Gasteiger partial charge in [0.05, 0.1) is 11.2 Å². The molecule has 6 heteroatoms. The molecule has 4 nitrogen and oxygen atoms in total. The van der Waals surface area contributed by atoms with E-state index in [0.717, 1.165) is 16.3 Å². The summed E-state index contributed by atoms with van der Waals surface area (Å²) in [7, 11) is 0. The summed E-state index contributed by atoms with van der Waals surface area (Å²) in [6, 6.07) is 9.64. The molecule has 2 N–H and O–H groups in total. The molecule has 0 aliphatic rings. The van der Waals surface area contributed by atoms with Crippen molar-refractivity contribution in [1.29, 1.82) is 0 Å². The second kappa shape index (κ2) is 6.53. The van der Waals surface area contributed by atoms with Gasteiger partial charge in [-0.15, -0.1) is 11.3 Å². The van der Waals surface area contributed by atoms with Gasteiger partial charge in [-0.25, -0.2) is 9.37 Å². The number of nitrogens with one attached hydrogen (secondary N) is 2. The average Bonchev–Trinajstić information content (AvgIpc) is 3.17. The van der Waals surface area contributed by atoms with Gasteiger partial charge in [0.25, 0.3) is 5.91 Å². The largest absolute Gasteiger partial charge is 0.352 e. The van der Waals surface area contributed by atoms with E-state index in [9.17, 15) is 9.18 Å². The minimum atomic E-state index is -0.416. The summed E-state index contributed by atoms with van der Waals surface area (Å²) >= 11 is 1.62. The first kappa shape index (κ1) is 14.5. The predicted octanol–water partition coefficient (Wildman–Crippen LogP) is 3.25. The number of H-pyrrole nitrogens is 1. The number of aromatic amines is 1. The molecule has 0 unspecified atom stereocenters. The third kappa shape index (κ3) is 3.23.